The van der Waals surface area contributed by atoms with Crippen molar-refractivity contribution in [2.24, 2.45) is 0 Å². The summed E-state index contributed by atoms with van der Waals surface area (Å²) in [4.78, 5) is 13.0. The van der Waals surface area contributed by atoms with E-state index in [1.54, 1.807) is 38.5 Å². The van der Waals surface area contributed by atoms with E-state index in [0.717, 1.165) is 18.2 Å². The van der Waals surface area contributed by atoms with Crippen molar-refractivity contribution in [3.05, 3.63) is 52.9 Å². The molecule has 0 bridgehead atoms. The predicted octanol–water partition coefficient (Wildman–Crippen LogP) is 5.81. The standard InChI is InChI=1S/C23H25BrO5/c1-26-20-10-7-16(13-22(20)27-2)19-15-29-21-14-17(8-9-18(21)23(19)25)28-12-6-4-3-5-11-24/h7-10,13-15H,3-6,11-12H2,1-2H3. The lowest BCUT2D eigenvalue weighted by molar-refractivity contribution is 0.305. The van der Waals surface area contributed by atoms with Crippen LogP contribution in [0.15, 0.2) is 51.9 Å². The van der Waals surface area contributed by atoms with Gasteiger partial charge in [0.25, 0.3) is 0 Å². The summed E-state index contributed by atoms with van der Waals surface area (Å²) < 4.78 is 22.1. The number of alkyl halides is 1. The molecule has 0 saturated heterocycles. The summed E-state index contributed by atoms with van der Waals surface area (Å²) in [6.45, 7) is 0.655. The molecule has 0 amide bonds. The fourth-order valence-electron chi connectivity index (χ4n) is 3.14. The summed E-state index contributed by atoms with van der Waals surface area (Å²) in [5.74, 6) is 1.87. The van der Waals surface area contributed by atoms with E-state index in [2.05, 4.69) is 15.9 Å². The normalized spacial score (nSPS) is 10.9. The smallest absolute Gasteiger partial charge is 0.200 e. The maximum Gasteiger partial charge on any atom is 0.200 e. The highest BCUT2D eigenvalue weighted by atomic mass is 79.9. The molecule has 0 radical (unpaired) electrons. The minimum atomic E-state index is -0.0974. The van der Waals surface area contributed by atoms with Gasteiger partial charge in [0.2, 0.25) is 0 Å². The van der Waals surface area contributed by atoms with Gasteiger partial charge in [0.15, 0.2) is 16.9 Å². The Bertz CT molecular complexity index is 1010. The second-order valence-corrected chi connectivity index (χ2v) is 7.45. The van der Waals surface area contributed by atoms with Crippen LogP contribution in [0.1, 0.15) is 25.7 Å². The second-order valence-electron chi connectivity index (χ2n) is 6.66. The number of unbranched alkanes of at least 4 members (excludes halogenated alkanes) is 3. The van der Waals surface area contributed by atoms with E-state index < -0.39 is 0 Å². The molecule has 0 aliphatic heterocycles. The highest BCUT2D eigenvalue weighted by Gasteiger charge is 2.13. The third-order valence-corrected chi connectivity index (χ3v) is 5.30. The molecule has 5 nitrogen and oxygen atoms in total. The van der Waals surface area contributed by atoms with Gasteiger partial charge in [-0.25, -0.2) is 0 Å². The first-order valence-electron chi connectivity index (χ1n) is 9.64. The van der Waals surface area contributed by atoms with Crippen molar-refractivity contribution < 1.29 is 18.6 Å². The maximum absolute atomic E-state index is 13.0. The Morgan fingerprint density at radius 2 is 1.72 bits per heavy atom. The SMILES string of the molecule is COc1ccc(-c2coc3cc(OCCCCCCBr)ccc3c2=O)cc1OC. The first-order valence-corrected chi connectivity index (χ1v) is 10.8. The van der Waals surface area contributed by atoms with Crippen LogP contribution in [0.25, 0.3) is 22.1 Å². The van der Waals surface area contributed by atoms with Crippen LogP contribution in [-0.2, 0) is 0 Å². The molecular weight excluding hydrogens is 436 g/mol. The third kappa shape index (κ3) is 5.12. The van der Waals surface area contributed by atoms with Crippen LogP contribution >= 0.6 is 15.9 Å². The van der Waals surface area contributed by atoms with Crippen molar-refractivity contribution in [3.63, 3.8) is 0 Å². The number of methoxy groups -OCH3 is 2. The number of halogens is 1. The summed E-state index contributed by atoms with van der Waals surface area (Å²) in [6.07, 6.45) is 6.01. The Labute approximate surface area is 178 Å². The molecule has 2 aromatic carbocycles. The summed E-state index contributed by atoms with van der Waals surface area (Å²) in [5.41, 5.74) is 1.59. The van der Waals surface area contributed by atoms with Gasteiger partial charge in [0, 0.05) is 11.4 Å². The Kier molecular flexibility index (Phi) is 7.58. The molecule has 0 atom stereocenters. The molecule has 3 aromatic rings. The quantitative estimate of drug-likeness (QED) is 0.282. The monoisotopic (exact) mass is 460 g/mol. The molecule has 0 aliphatic carbocycles. The molecule has 0 spiro atoms. The van der Waals surface area contributed by atoms with Crippen LogP contribution in [-0.4, -0.2) is 26.2 Å². The topological polar surface area (TPSA) is 57.9 Å². The molecule has 154 valence electrons. The van der Waals surface area contributed by atoms with Crippen molar-refractivity contribution in [1.29, 1.82) is 0 Å². The number of benzene rings is 2. The second kappa shape index (κ2) is 10.3. The van der Waals surface area contributed by atoms with Gasteiger partial charge in [0.1, 0.15) is 17.6 Å². The van der Waals surface area contributed by atoms with Crippen LogP contribution in [0.2, 0.25) is 0 Å². The first kappa shape index (κ1) is 21.2. The Hall–Kier alpha value is -2.47. The van der Waals surface area contributed by atoms with E-state index in [9.17, 15) is 4.79 Å². The molecule has 1 heterocycles. The summed E-state index contributed by atoms with van der Waals surface area (Å²) in [6, 6.07) is 10.7. The van der Waals surface area contributed by atoms with E-state index in [4.69, 9.17) is 18.6 Å². The molecule has 0 unspecified atom stereocenters. The van der Waals surface area contributed by atoms with Gasteiger partial charge >= 0.3 is 0 Å². The fraction of sp³-hybridized carbons (Fsp3) is 0.348. The Balaban J connectivity index is 1.79. The molecule has 0 saturated carbocycles. The molecule has 0 fully saturated rings. The van der Waals surface area contributed by atoms with Gasteiger partial charge in [-0.15, -0.1) is 0 Å². The molecule has 6 heteroatoms. The van der Waals surface area contributed by atoms with Gasteiger partial charge in [-0.05, 0) is 42.7 Å². The van der Waals surface area contributed by atoms with Crippen molar-refractivity contribution in [3.8, 4) is 28.4 Å². The number of rotatable bonds is 10. The minimum absolute atomic E-state index is 0.0974. The molecule has 0 N–H and O–H groups in total. The lowest BCUT2D eigenvalue weighted by atomic mass is 10.0. The minimum Gasteiger partial charge on any atom is -0.493 e. The third-order valence-electron chi connectivity index (χ3n) is 4.74. The van der Waals surface area contributed by atoms with Crippen LogP contribution in [0.3, 0.4) is 0 Å². The zero-order valence-electron chi connectivity index (χ0n) is 16.7. The average molecular weight is 461 g/mol. The zero-order chi connectivity index (χ0) is 20.6. The number of fused-ring (bicyclic) bond motifs is 1. The van der Waals surface area contributed by atoms with Crippen LogP contribution < -0.4 is 19.6 Å². The van der Waals surface area contributed by atoms with Crippen LogP contribution in [0, 0.1) is 0 Å². The summed E-state index contributed by atoms with van der Waals surface area (Å²) in [5, 5.41) is 1.56. The lowest BCUT2D eigenvalue weighted by Gasteiger charge is -2.10. The van der Waals surface area contributed by atoms with E-state index in [1.807, 2.05) is 12.1 Å². The van der Waals surface area contributed by atoms with Crippen molar-refractivity contribution in [2.75, 3.05) is 26.2 Å². The van der Waals surface area contributed by atoms with Crippen molar-refractivity contribution >= 4 is 26.9 Å². The largest absolute Gasteiger partial charge is 0.493 e. The number of hydrogen-bond acceptors (Lipinski definition) is 5. The van der Waals surface area contributed by atoms with E-state index in [1.165, 1.54) is 19.1 Å². The number of ether oxygens (including phenoxy) is 3. The Morgan fingerprint density at radius 1 is 0.931 bits per heavy atom. The van der Waals surface area contributed by atoms with Gasteiger partial charge in [0.05, 0.1) is 31.8 Å². The van der Waals surface area contributed by atoms with Crippen LogP contribution in [0.5, 0.6) is 17.2 Å². The van der Waals surface area contributed by atoms with Crippen molar-refractivity contribution in [2.45, 2.75) is 25.7 Å². The molecule has 1 aromatic heterocycles. The fourth-order valence-corrected chi connectivity index (χ4v) is 3.54. The number of hydrogen-bond donors (Lipinski definition) is 0. The molecule has 3 rings (SSSR count). The van der Waals surface area contributed by atoms with Gasteiger partial charge in [-0.2, -0.15) is 0 Å². The maximum atomic E-state index is 13.0. The van der Waals surface area contributed by atoms with Gasteiger partial charge in [-0.3, -0.25) is 4.79 Å². The van der Waals surface area contributed by atoms with Crippen LogP contribution in [0.4, 0.5) is 0 Å². The zero-order valence-corrected chi connectivity index (χ0v) is 18.3. The van der Waals surface area contributed by atoms with E-state index in [0.29, 0.717) is 46.0 Å². The van der Waals surface area contributed by atoms with Gasteiger partial charge < -0.3 is 18.6 Å². The highest BCUT2D eigenvalue weighted by Crippen LogP contribution is 2.32. The molecule has 0 aliphatic rings. The molecule has 29 heavy (non-hydrogen) atoms. The predicted molar refractivity (Wildman–Crippen MR) is 119 cm³/mol. The first-order chi connectivity index (χ1) is 14.2. The summed E-state index contributed by atoms with van der Waals surface area (Å²) >= 11 is 3.44. The lowest BCUT2D eigenvalue weighted by Crippen LogP contribution is -2.05. The Morgan fingerprint density at radius 3 is 2.48 bits per heavy atom. The highest BCUT2D eigenvalue weighted by molar-refractivity contribution is 9.09. The van der Waals surface area contributed by atoms with E-state index >= 15 is 0 Å². The summed E-state index contributed by atoms with van der Waals surface area (Å²) in [7, 11) is 3.14. The molecular formula is C23H25BrO5. The van der Waals surface area contributed by atoms with E-state index in [-0.39, 0.29) is 5.43 Å². The van der Waals surface area contributed by atoms with Crippen molar-refractivity contribution in [1.82, 2.24) is 0 Å². The average Bonchev–Trinajstić information content (AvgIpc) is 2.76. The van der Waals surface area contributed by atoms with Gasteiger partial charge in [-0.1, -0.05) is 34.8 Å².